The van der Waals surface area contributed by atoms with Gasteiger partial charge in [0.05, 0.1) is 11.8 Å². The number of amides is 1. The molecule has 0 aliphatic heterocycles. The Labute approximate surface area is 100 Å². The van der Waals surface area contributed by atoms with Crippen LogP contribution in [-0.4, -0.2) is 24.0 Å². The molecule has 1 amide bonds. The lowest BCUT2D eigenvalue weighted by molar-refractivity contribution is 0.0934. The number of halogens is 1. The Hall–Kier alpha value is -1.49. The predicted molar refractivity (Wildman–Crippen MR) is 64.0 cm³/mol. The molecule has 17 heavy (non-hydrogen) atoms. The number of nitrogens with two attached hydrogens (primary N) is 1. The van der Waals surface area contributed by atoms with Gasteiger partial charge in [-0.3, -0.25) is 9.78 Å². The fraction of sp³-hybridized carbons (Fsp3) is 0.500. The number of hydrogen-bond donors (Lipinski definition) is 2. The van der Waals surface area contributed by atoms with E-state index in [0.29, 0.717) is 13.1 Å². The van der Waals surface area contributed by atoms with Gasteiger partial charge in [0.2, 0.25) is 0 Å². The minimum absolute atomic E-state index is 0.0643. The molecule has 1 aromatic heterocycles. The van der Waals surface area contributed by atoms with Crippen molar-refractivity contribution in [2.45, 2.75) is 20.3 Å². The normalized spacial score (nSPS) is 11.3. The molecule has 1 rings (SSSR count). The first-order chi connectivity index (χ1) is 7.94. The summed E-state index contributed by atoms with van der Waals surface area (Å²) in [5.41, 5.74) is 5.65. The maximum atomic E-state index is 12.9. The second kappa shape index (κ2) is 5.72. The van der Waals surface area contributed by atoms with Gasteiger partial charge < -0.3 is 11.1 Å². The van der Waals surface area contributed by atoms with E-state index in [4.69, 9.17) is 5.73 Å². The van der Waals surface area contributed by atoms with Crippen LogP contribution in [-0.2, 0) is 0 Å². The van der Waals surface area contributed by atoms with Gasteiger partial charge in [-0.2, -0.15) is 0 Å². The van der Waals surface area contributed by atoms with Crippen LogP contribution in [0.1, 0.15) is 30.6 Å². The molecule has 3 N–H and O–H groups in total. The number of carbonyl (C=O) groups is 1. The zero-order valence-corrected chi connectivity index (χ0v) is 10.2. The Balaban J connectivity index is 2.56. The first-order valence-corrected chi connectivity index (χ1v) is 5.53. The molecule has 1 aromatic rings. The van der Waals surface area contributed by atoms with Gasteiger partial charge in [-0.05, 0) is 24.4 Å². The molecule has 0 unspecified atom stereocenters. The summed E-state index contributed by atoms with van der Waals surface area (Å²) in [4.78, 5) is 15.3. The lowest BCUT2D eigenvalue weighted by Crippen LogP contribution is -2.35. The van der Waals surface area contributed by atoms with Crippen molar-refractivity contribution in [2.24, 2.45) is 11.1 Å². The van der Waals surface area contributed by atoms with Gasteiger partial charge in [-0.25, -0.2) is 4.39 Å². The van der Waals surface area contributed by atoms with E-state index >= 15 is 0 Å². The standard InChI is InChI=1S/C12H18FN3O/c1-12(2,3-4-14)8-16-11(17)9-5-10(13)7-15-6-9/h5-7H,3-4,8,14H2,1-2H3,(H,16,17). The van der Waals surface area contributed by atoms with E-state index in [2.05, 4.69) is 10.3 Å². The van der Waals surface area contributed by atoms with Crippen molar-refractivity contribution in [3.8, 4) is 0 Å². The van der Waals surface area contributed by atoms with Crippen LogP contribution >= 0.6 is 0 Å². The minimum Gasteiger partial charge on any atom is -0.351 e. The van der Waals surface area contributed by atoms with Crippen LogP contribution in [0.15, 0.2) is 18.5 Å². The third-order valence-electron chi connectivity index (χ3n) is 2.52. The molecule has 0 fully saturated rings. The number of aromatic nitrogens is 1. The quantitative estimate of drug-likeness (QED) is 0.814. The molecule has 0 aromatic carbocycles. The third-order valence-corrected chi connectivity index (χ3v) is 2.52. The fourth-order valence-corrected chi connectivity index (χ4v) is 1.44. The maximum absolute atomic E-state index is 12.9. The predicted octanol–water partition coefficient (Wildman–Crippen LogP) is 1.33. The molecule has 1 heterocycles. The fourth-order valence-electron chi connectivity index (χ4n) is 1.44. The van der Waals surface area contributed by atoms with Crippen LogP contribution in [0.4, 0.5) is 4.39 Å². The number of nitrogens with one attached hydrogen (secondary N) is 1. The van der Waals surface area contributed by atoms with E-state index in [9.17, 15) is 9.18 Å². The molecular formula is C12H18FN3O. The number of carbonyl (C=O) groups excluding carboxylic acids is 1. The Kier molecular flexibility index (Phi) is 4.57. The number of hydrogen-bond acceptors (Lipinski definition) is 3. The molecule has 0 atom stereocenters. The zero-order valence-electron chi connectivity index (χ0n) is 10.2. The number of nitrogens with zero attached hydrogens (tertiary/aromatic N) is 1. The highest BCUT2D eigenvalue weighted by molar-refractivity contribution is 5.93. The van der Waals surface area contributed by atoms with Crippen LogP contribution in [0.2, 0.25) is 0 Å². The molecule has 0 aliphatic carbocycles. The zero-order chi connectivity index (χ0) is 12.9. The SMILES string of the molecule is CC(C)(CCN)CNC(=O)c1cncc(F)c1. The molecular weight excluding hydrogens is 221 g/mol. The summed E-state index contributed by atoms with van der Waals surface area (Å²) in [7, 11) is 0. The highest BCUT2D eigenvalue weighted by atomic mass is 19.1. The van der Waals surface area contributed by atoms with Gasteiger partial charge in [0.15, 0.2) is 0 Å². The van der Waals surface area contributed by atoms with Crippen molar-refractivity contribution in [1.82, 2.24) is 10.3 Å². The van der Waals surface area contributed by atoms with Gasteiger partial charge in [0, 0.05) is 12.7 Å². The van der Waals surface area contributed by atoms with E-state index in [1.54, 1.807) is 0 Å². The largest absolute Gasteiger partial charge is 0.351 e. The van der Waals surface area contributed by atoms with E-state index < -0.39 is 5.82 Å². The molecule has 94 valence electrons. The number of pyridine rings is 1. The summed E-state index contributed by atoms with van der Waals surface area (Å²) in [5, 5.41) is 2.75. The Bertz CT molecular complexity index is 393. The summed E-state index contributed by atoms with van der Waals surface area (Å²) in [6.45, 7) is 5.11. The highest BCUT2D eigenvalue weighted by Crippen LogP contribution is 2.17. The average Bonchev–Trinajstić information content (AvgIpc) is 2.26. The molecule has 5 heteroatoms. The topological polar surface area (TPSA) is 68.0 Å². The highest BCUT2D eigenvalue weighted by Gasteiger charge is 2.18. The molecule has 0 saturated heterocycles. The van der Waals surface area contributed by atoms with Crippen LogP contribution in [0.5, 0.6) is 0 Å². The van der Waals surface area contributed by atoms with Crippen LogP contribution < -0.4 is 11.1 Å². The molecule has 0 bridgehead atoms. The van der Waals surface area contributed by atoms with E-state index in [-0.39, 0.29) is 16.9 Å². The first-order valence-electron chi connectivity index (χ1n) is 5.53. The summed E-state index contributed by atoms with van der Waals surface area (Å²) < 4.78 is 12.9. The third kappa shape index (κ3) is 4.48. The first kappa shape index (κ1) is 13.6. The second-order valence-corrected chi connectivity index (χ2v) is 4.78. The van der Waals surface area contributed by atoms with Crippen molar-refractivity contribution in [3.05, 3.63) is 29.8 Å². The minimum atomic E-state index is -0.515. The molecule has 4 nitrogen and oxygen atoms in total. The summed E-state index contributed by atoms with van der Waals surface area (Å²) >= 11 is 0. The Morgan fingerprint density at radius 1 is 1.53 bits per heavy atom. The summed E-state index contributed by atoms with van der Waals surface area (Å²) in [6, 6.07) is 1.16. The molecule has 0 aliphatic rings. The smallest absolute Gasteiger partial charge is 0.252 e. The van der Waals surface area contributed by atoms with Crippen molar-refractivity contribution in [1.29, 1.82) is 0 Å². The van der Waals surface area contributed by atoms with Crippen molar-refractivity contribution in [3.63, 3.8) is 0 Å². The molecule has 0 spiro atoms. The van der Waals surface area contributed by atoms with Crippen molar-refractivity contribution in [2.75, 3.05) is 13.1 Å². The van der Waals surface area contributed by atoms with E-state index in [0.717, 1.165) is 18.7 Å². The summed E-state index contributed by atoms with van der Waals surface area (Å²) in [5.74, 6) is -0.832. The van der Waals surface area contributed by atoms with Gasteiger partial charge in [-0.15, -0.1) is 0 Å². The average molecular weight is 239 g/mol. The Morgan fingerprint density at radius 2 is 2.24 bits per heavy atom. The molecule has 0 radical (unpaired) electrons. The van der Waals surface area contributed by atoms with Gasteiger partial charge in [0.25, 0.3) is 5.91 Å². The van der Waals surface area contributed by atoms with Gasteiger partial charge in [0.1, 0.15) is 5.82 Å². The lowest BCUT2D eigenvalue weighted by atomic mass is 9.89. The van der Waals surface area contributed by atoms with Crippen LogP contribution in [0.25, 0.3) is 0 Å². The second-order valence-electron chi connectivity index (χ2n) is 4.78. The van der Waals surface area contributed by atoms with Gasteiger partial charge >= 0.3 is 0 Å². The maximum Gasteiger partial charge on any atom is 0.252 e. The van der Waals surface area contributed by atoms with E-state index in [1.165, 1.54) is 6.20 Å². The lowest BCUT2D eigenvalue weighted by Gasteiger charge is -2.24. The van der Waals surface area contributed by atoms with Crippen molar-refractivity contribution < 1.29 is 9.18 Å². The van der Waals surface area contributed by atoms with Crippen LogP contribution in [0.3, 0.4) is 0 Å². The van der Waals surface area contributed by atoms with Crippen molar-refractivity contribution >= 4 is 5.91 Å². The monoisotopic (exact) mass is 239 g/mol. The van der Waals surface area contributed by atoms with Gasteiger partial charge in [-0.1, -0.05) is 13.8 Å². The Morgan fingerprint density at radius 3 is 2.82 bits per heavy atom. The number of rotatable bonds is 5. The molecule has 0 saturated carbocycles. The van der Waals surface area contributed by atoms with E-state index in [1.807, 2.05) is 13.8 Å². The van der Waals surface area contributed by atoms with Crippen LogP contribution in [0, 0.1) is 11.2 Å². The summed E-state index contributed by atoms with van der Waals surface area (Å²) in [6.07, 6.45) is 3.22.